The van der Waals surface area contributed by atoms with Crippen LogP contribution in [0.3, 0.4) is 0 Å². The minimum Gasteiger partial charge on any atom is -0.399 e. The lowest BCUT2D eigenvalue weighted by atomic mass is 10.2. The molecule has 94 valence electrons. The number of carbonyl (C=O) groups is 1. The molecule has 0 spiro atoms. The highest BCUT2D eigenvalue weighted by Gasteiger charge is 2.10. The average Bonchev–Trinajstić information content (AvgIpc) is 2.81. The minimum atomic E-state index is -0.631. The largest absolute Gasteiger partial charge is 0.399 e. The van der Waals surface area contributed by atoms with Crippen molar-refractivity contribution >= 4 is 11.6 Å². The minimum absolute atomic E-state index is 0.0252. The number of anilines is 1. The first-order valence-electron chi connectivity index (χ1n) is 5.34. The second-order valence-electron chi connectivity index (χ2n) is 3.66. The maximum atomic E-state index is 13.4. The fraction of sp³-hybridized carbons (Fsp3) is 0.182. The number of carbonyl (C=O) groups excluding carboxylic acids is 1. The predicted octanol–water partition coefficient (Wildman–Crippen LogP) is 0.429. The quantitative estimate of drug-likeness (QED) is 0.769. The summed E-state index contributed by atoms with van der Waals surface area (Å²) < 4.78 is 15.0. The van der Waals surface area contributed by atoms with Crippen LogP contribution in [0.4, 0.5) is 10.1 Å². The van der Waals surface area contributed by atoms with Gasteiger partial charge in [-0.05, 0) is 18.2 Å². The average molecular weight is 249 g/mol. The van der Waals surface area contributed by atoms with E-state index in [1.807, 2.05) is 0 Å². The van der Waals surface area contributed by atoms with Gasteiger partial charge >= 0.3 is 0 Å². The Bertz CT molecular complexity index is 540. The van der Waals surface area contributed by atoms with Gasteiger partial charge in [0.2, 0.25) is 0 Å². The van der Waals surface area contributed by atoms with Crippen LogP contribution in [0, 0.1) is 5.82 Å². The van der Waals surface area contributed by atoms with Crippen molar-refractivity contribution in [2.75, 3.05) is 12.3 Å². The molecule has 1 amide bonds. The van der Waals surface area contributed by atoms with Crippen LogP contribution >= 0.6 is 0 Å². The van der Waals surface area contributed by atoms with Crippen LogP contribution in [0.15, 0.2) is 30.6 Å². The molecule has 2 rings (SSSR count). The van der Waals surface area contributed by atoms with E-state index in [0.717, 1.165) is 6.07 Å². The Kier molecular flexibility index (Phi) is 3.52. The van der Waals surface area contributed by atoms with Crippen LogP contribution in [0.1, 0.15) is 10.4 Å². The van der Waals surface area contributed by atoms with Gasteiger partial charge in [-0.1, -0.05) is 5.21 Å². The number of rotatable bonds is 4. The second-order valence-corrected chi connectivity index (χ2v) is 3.66. The first-order valence-corrected chi connectivity index (χ1v) is 5.34. The standard InChI is InChI=1S/C11H12FN5O/c12-10-7-8(13)1-2-9(10)11(18)14-3-5-17-6-4-15-16-17/h1-2,4,6-7H,3,5,13H2,(H,14,18). The highest BCUT2D eigenvalue weighted by molar-refractivity contribution is 5.94. The zero-order valence-corrected chi connectivity index (χ0v) is 9.51. The van der Waals surface area contributed by atoms with Gasteiger partial charge in [-0.25, -0.2) is 4.39 Å². The molecule has 0 atom stereocenters. The Morgan fingerprint density at radius 1 is 1.50 bits per heavy atom. The van der Waals surface area contributed by atoms with Crippen molar-refractivity contribution in [1.29, 1.82) is 0 Å². The summed E-state index contributed by atoms with van der Waals surface area (Å²) in [4.78, 5) is 11.7. The predicted molar refractivity (Wildman–Crippen MR) is 63.2 cm³/mol. The molecule has 0 aliphatic heterocycles. The molecule has 0 radical (unpaired) electrons. The molecule has 1 heterocycles. The van der Waals surface area contributed by atoms with E-state index >= 15 is 0 Å². The van der Waals surface area contributed by atoms with Crippen molar-refractivity contribution in [1.82, 2.24) is 20.3 Å². The van der Waals surface area contributed by atoms with Gasteiger partial charge < -0.3 is 11.1 Å². The van der Waals surface area contributed by atoms with E-state index < -0.39 is 11.7 Å². The van der Waals surface area contributed by atoms with Gasteiger partial charge in [0.15, 0.2) is 0 Å². The summed E-state index contributed by atoms with van der Waals surface area (Å²) in [5, 5.41) is 9.96. The summed E-state index contributed by atoms with van der Waals surface area (Å²) in [6, 6.07) is 3.96. The molecule has 2 aromatic rings. The van der Waals surface area contributed by atoms with Crippen LogP contribution < -0.4 is 11.1 Å². The van der Waals surface area contributed by atoms with E-state index in [2.05, 4.69) is 15.6 Å². The van der Waals surface area contributed by atoms with E-state index in [1.165, 1.54) is 12.1 Å². The lowest BCUT2D eigenvalue weighted by Crippen LogP contribution is -2.28. The number of nitrogens with one attached hydrogen (secondary N) is 1. The number of nitrogens with two attached hydrogens (primary N) is 1. The molecule has 3 N–H and O–H groups in total. The number of hydrogen-bond acceptors (Lipinski definition) is 4. The van der Waals surface area contributed by atoms with Crippen molar-refractivity contribution in [3.63, 3.8) is 0 Å². The lowest BCUT2D eigenvalue weighted by Gasteiger charge is -2.06. The molecule has 7 heteroatoms. The van der Waals surface area contributed by atoms with Gasteiger partial charge in [-0.15, -0.1) is 5.10 Å². The molecule has 1 aromatic heterocycles. The Balaban J connectivity index is 1.91. The Morgan fingerprint density at radius 2 is 2.33 bits per heavy atom. The van der Waals surface area contributed by atoms with Crippen LogP contribution in [0.5, 0.6) is 0 Å². The number of amides is 1. The van der Waals surface area contributed by atoms with E-state index in [4.69, 9.17) is 5.73 Å². The third-order valence-corrected chi connectivity index (χ3v) is 2.34. The molecule has 6 nitrogen and oxygen atoms in total. The molecule has 0 aliphatic rings. The van der Waals surface area contributed by atoms with E-state index in [9.17, 15) is 9.18 Å². The first-order chi connectivity index (χ1) is 8.66. The SMILES string of the molecule is Nc1ccc(C(=O)NCCn2ccnn2)c(F)c1. The molecular weight excluding hydrogens is 237 g/mol. The fourth-order valence-electron chi connectivity index (χ4n) is 1.45. The summed E-state index contributed by atoms with van der Waals surface area (Å²) in [5.74, 6) is -1.11. The van der Waals surface area contributed by atoms with Gasteiger partial charge in [0.25, 0.3) is 5.91 Å². The van der Waals surface area contributed by atoms with E-state index in [0.29, 0.717) is 13.1 Å². The molecule has 0 bridgehead atoms. The van der Waals surface area contributed by atoms with E-state index in [-0.39, 0.29) is 11.3 Å². The zero-order chi connectivity index (χ0) is 13.0. The van der Waals surface area contributed by atoms with Crippen molar-refractivity contribution in [3.05, 3.63) is 42.0 Å². The third-order valence-electron chi connectivity index (χ3n) is 2.34. The monoisotopic (exact) mass is 249 g/mol. The topological polar surface area (TPSA) is 85.8 Å². The third kappa shape index (κ3) is 2.82. The Labute approximate surface area is 103 Å². The van der Waals surface area contributed by atoms with Gasteiger partial charge in [0.05, 0.1) is 18.3 Å². The second kappa shape index (κ2) is 5.26. The molecular formula is C11H12FN5O. The molecule has 0 saturated carbocycles. The highest BCUT2D eigenvalue weighted by atomic mass is 19.1. The maximum Gasteiger partial charge on any atom is 0.254 e. The summed E-state index contributed by atoms with van der Waals surface area (Å²) in [7, 11) is 0. The molecule has 0 aliphatic carbocycles. The molecule has 18 heavy (non-hydrogen) atoms. The van der Waals surface area contributed by atoms with Gasteiger partial charge in [-0.3, -0.25) is 9.48 Å². The van der Waals surface area contributed by atoms with Gasteiger partial charge in [-0.2, -0.15) is 0 Å². The van der Waals surface area contributed by atoms with Crippen LogP contribution in [0.25, 0.3) is 0 Å². The zero-order valence-electron chi connectivity index (χ0n) is 9.51. The van der Waals surface area contributed by atoms with Crippen molar-refractivity contribution in [2.45, 2.75) is 6.54 Å². The molecule has 0 fully saturated rings. The number of aromatic nitrogens is 3. The van der Waals surface area contributed by atoms with Gasteiger partial charge in [0, 0.05) is 18.4 Å². The maximum absolute atomic E-state index is 13.4. The smallest absolute Gasteiger partial charge is 0.254 e. The van der Waals surface area contributed by atoms with Crippen molar-refractivity contribution in [2.24, 2.45) is 0 Å². The highest BCUT2D eigenvalue weighted by Crippen LogP contribution is 2.11. The summed E-state index contributed by atoms with van der Waals surface area (Å²) in [6.45, 7) is 0.814. The summed E-state index contributed by atoms with van der Waals surface area (Å²) >= 11 is 0. The van der Waals surface area contributed by atoms with Crippen LogP contribution in [-0.4, -0.2) is 27.4 Å². The normalized spacial score (nSPS) is 10.3. The Morgan fingerprint density at radius 3 is 3.00 bits per heavy atom. The van der Waals surface area contributed by atoms with E-state index in [1.54, 1.807) is 17.1 Å². The molecule has 0 saturated heterocycles. The lowest BCUT2D eigenvalue weighted by molar-refractivity contribution is 0.0948. The number of nitrogen functional groups attached to an aromatic ring is 1. The van der Waals surface area contributed by atoms with Crippen molar-refractivity contribution < 1.29 is 9.18 Å². The fourth-order valence-corrected chi connectivity index (χ4v) is 1.45. The summed E-state index contributed by atoms with van der Waals surface area (Å²) in [6.07, 6.45) is 3.22. The van der Waals surface area contributed by atoms with Crippen molar-refractivity contribution in [3.8, 4) is 0 Å². The summed E-state index contributed by atoms with van der Waals surface area (Å²) in [5.41, 5.74) is 5.66. The van der Waals surface area contributed by atoms with Gasteiger partial charge in [0.1, 0.15) is 5.82 Å². The first kappa shape index (κ1) is 12.0. The Hall–Kier alpha value is -2.44. The van der Waals surface area contributed by atoms with Crippen LogP contribution in [0.2, 0.25) is 0 Å². The van der Waals surface area contributed by atoms with Crippen LogP contribution in [-0.2, 0) is 6.54 Å². The number of halogens is 1. The number of nitrogens with zero attached hydrogens (tertiary/aromatic N) is 3. The molecule has 1 aromatic carbocycles. The molecule has 0 unspecified atom stereocenters. The number of hydrogen-bond donors (Lipinski definition) is 2. The number of benzene rings is 1.